The summed E-state index contributed by atoms with van der Waals surface area (Å²) in [5, 5.41) is 11.8. The van der Waals surface area contributed by atoms with E-state index < -0.39 is 0 Å². The van der Waals surface area contributed by atoms with Gasteiger partial charge in [0, 0.05) is 10.9 Å². The van der Waals surface area contributed by atoms with Crippen molar-refractivity contribution in [3.63, 3.8) is 0 Å². The third-order valence-corrected chi connectivity index (χ3v) is 3.12. The topological polar surface area (TPSA) is 33.1 Å². The Kier molecular flexibility index (Phi) is 2.84. The molecule has 78 valence electrons. The Morgan fingerprint density at radius 2 is 1.87 bits per heavy atom. The summed E-state index contributed by atoms with van der Waals surface area (Å²) in [6.07, 6.45) is 0. The third-order valence-electron chi connectivity index (χ3n) is 2.18. The molecule has 2 rings (SSSR count). The van der Waals surface area contributed by atoms with Crippen LogP contribution in [0.25, 0.3) is 10.6 Å². The molecule has 0 saturated carbocycles. The minimum Gasteiger partial charge on any atom is -0.390 e. The van der Waals surface area contributed by atoms with Crippen LogP contribution in [0.4, 0.5) is 0 Å². The minimum absolute atomic E-state index is 0.0152. The van der Waals surface area contributed by atoms with E-state index >= 15 is 0 Å². The molecule has 2 aromatic rings. The lowest BCUT2D eigenvalue weighted by atomic mass is 10.1. The van der Waals surface area contributed by atoms with Crippen LogP contribution in [0.15, 0.2) is 23.6 Å². The number of hydrogen-bond acceptors (Lipinski definition) is 3. The summed E-state index contributed by atoms with van der Waals surface area (Å²) < 4.78 is 0. The molecule has 0 spiro atoms. The average molecular weight is 219 g/mol. The van der Waals surface area contributed by atoms with Crippen LogP contribution in [-0.2, 0) is 6.61 Å². The Morgan fingerprint density at radius 3 is 2.40 bits per heavy atom. The first-order chi connectivity index (χ1) is 7.19. The molecule has 0 bridgehead atoms. The Hall–Kier alpha value is -1.19. The first kappa shape index (κ1) is 10.3. The van der Waals surface area contributed by atoms with Gasteiger partial charge < -0.3 is 5.11 Å². The van der Waals surface area contributed by atoms with Crippen LogP contribution >= 0.6 is 11.3 Å². The lowest BCUT2D eigenvalue weighted by molar-refractivity contribution is 0.278. The lowest BCUT2D eigenvalue weighted by Gasteiger charge is -2.01. The van der Waals surface area contributed by atoms with Crippen LogP contribution < -0.4 is 0 Å². The summed E-state index contributed by atoms with van der Waals surface area (Å²) in [7, 11) is 0. The monoisotopic (exact) mass is 219 g/mol. The number of thiazole rings is 1. The predicted molar refractivity (Wildman–Crippen MR) is 62.9 cm³/mol. The molecule has 1 aromatic heterocycles. The van der Waals surface area contributed by atoms with E-state index in [9.17, 15) is 0 Å². The van der Waals surface area contributed by atoms with Gasteiger partial charge >= 0.3 is 0 Å². The van der Waals surface area contributed by atoms with Crippen molar-refractivity contribution in [2.45, 2.75) is 20.5 Å². The number of aryl methyl sites for hydroxylation is 2. The molecule has 0 saturated heterocycles. The fraction of sp³-hybridized carbons (Fsp3) is 0.250. The molecule has 1 aromatic carbocycles. The summed E-state index contributed by atoms with van der Waals surface area (Å²) in [4.78, 5) is 4.35. The first-order valence-corrected chi connectivity index (χ1v) is 5.71. The highest BCUT2D eigenvalue weighted by Gasteiger charge is 2.04. The van der Waals surface area contributed by atoms with Crippen LogP contribution in [0.2, 0.25) is 0 Å². The van der Waals surface area contributed by atoms with Crippen molar-refractivity contribution in [1.29, 1.82) is 0 Å². The summed E-state index contributed by atoms with van der Waals surface area (Å²) in [6.45, 7) is 4.18. The first-order valence-electron chi connectivity index (χ1n) is 4.83. The molecular formula is C12H13NOS. The summed E-state index contributed by atoms with van der Waals surface area (Å²) in [5.41, 5.74) is 4.36. The van der Waals surface area contributed by atoms with Crippen LogP contribution in [0.3, 0.4) is 0 Å². The molecule has 1 heterocycles. The van der Waals surface area contributed by atoms with Gasteiger partial charge in [0.1, 0.15) is 5.01 Å². The van der Waals surface area contributed by atoms with Gasteiger partial charge in [0.15, 0.2) is 0 Å². The fourth-order valence-corrected chi connectivity index (χ4v) is 2.41. The van der Waals surface area contributed by atoms with Crippen molar-refractivity contribution in [2.24, 2.45) is 0 Å². The van der Waals surface area contributed by atoms with E-state index in [0.717, 1.165) is 16.3 Å². The van der Waals surface area contributed by atoms with Gasteiger partial charge in [0.25, 0.3) is 0 Å². The molecule has 0 aliphatic heterocycles. The van der Waals surface area contributed by atoms with Gasteiger partial charge in [0.2, 0.25) is 0 Å². The number of hydrogen-bond donors (Lipinski definition) is 1. The lowest BCUT2D eigenvalue weighted by Crippen LogP contribution is -1.84. The van der Waals surface area contributed by atoms with Gasteiger partial charge in [-0.05, 0) is 26.0 Å². The molecule has 0 amide bonds. The highest BCUT2D eigenvalue weighted by molar-refractivity contribution is 7.13. The van der Waals surface area contributed by atoms with Gasteiger partial charge in [-0.1, -0.05) is 17.2 Å². The maximum absolute atomic E-state index is 8.95. The zero-order chi connectivity index (χ0) is 10.8. The Morgan fingerprint density at radius 1 is 1.20 bits per heavy atom. The van der Waals surface area contributed by atoms with Gasteiger partial charge in [-0.25, -0.2) is 4.98 Å². The number of benzene rings is 1. The van der Waals surface area contributed by atoms with Gasteiger partial charge in [-0.3, -0.25) is 0 Å². The SMILES string of the molecule is Cc1cc(C)cc(-c2nc(CO)cs2)c1. The second kappa shape index (κ2) is 4.13. The largest absolute Gasteiger partial charge is 0.390 e. The zero-order valence-corrected chi connectivity index (χ0v) is 9.64. The number of rotatable bonds is 2. The molecule has 15 heavy (non-hydrogen) atoms. The Balaban J connectivity index is 2.44. The van der Waals surface area contributed by atoms with E-state index in [1.807, 2.05) is 5.38 Å². The third kappa shape index (κ3) is 2.25. The second-order valence-electron chi connectivity index (χ2n) is 3.68. The predicted octanol–water partition coefficient (Wildman–Crippen LogP) is 2.92. The van der Waals surface area contributed by atoms with Crippen molar-refractivity contribution in [2.75, 3.05) is 0 Å². The summed E-state index contributed by atoms with van der Waals surface area (Å²) in [5.74, 6) is 0. The van der Waals surface area contributed by atoms with Crippen molar-refractivity contribution in [3.05, 3.63) is 40.4 Å². The maximum atomic E-state index is 8.95. The normalized spacial score (nSPS) is 10.6. The Bertz CT molecular complexity index is 456. The molecular weight excluding hydrogens is 206 g/mol. The van der Waals surface area contributed by atoms with E-state index in [4.69, 9.17) is 5.11 Å². The molecule has 0 atom stereocenters. The smallest absolute Gasteiger partial charge is 0.123 e. The quantitative estimate of drug-likeness (QED) is 0.842. The maximum Gasteiger partial charge on any atom is 0.123 e. The second-order valence-corrected chi connectivity index (χ2v) is 4.54. The van der Waals surface area contributed by atoms with E-state index in [-0.39, 0.29) is 6.61 Å². The fourth-order valence-electron chi connectivity index (χ4n) is 1.61. The molecule has 0 aliphatic rings. The number of aliphatic hydroxyl groups excluding tert-OH is 1. The van der Waals surface area contributed by atoms with E-state index in [0.29, 0.717) is 0 Å². The van der Waals surface area contributed by atoms with E-state index in [2.05, 4.69) is 37.0 Å². The van der Waals surface area contributed by atoms with Gasteiger partial charge in [-0.2, -0.15) is 0 Å². The van der Waals surface area contributed by atoms with Gasteiger partial charge in [0.05, 0.1) is 12.3 Å². The van der Waals surface area contributed by atoms with Crippen LogP contribution in [0.1, 0.15) is 16.8 Å². The molecule has 0 unspecified atom stereocenters. The molecule has 0 aliphatic carbocycles. The number of nitrogens with zero attached hydrogens (tertiary/aromatic N) is 1. The molecule has 0 radical (unpaired) electrons. The summed E-state index contributed by atoms with van der Waals surface area (Å²) >= 11 is 1.57. The van der Waals surface area contributed by atoms with Crippen molar-refractivity contribution >= 4 is 11.3 Å². The zero-order valence-electron chi connectivity index (χ0n) is 8.82. The number of aliphatic hydroxyl groups is 1. The number of aromatic nitrogens is 1. The standard InChI is InChI=1S/C12H13NOS/c1-8-3-9(2)5-10(4-8)12-13-11(6-14)7-15-12/h3-5,7,14H,6H2,1-2H3. The highest BCUT2D eigenvalue weighted by Crippen LogP contribution is 2.25. The molecule has 1 N–H and O–H groups in total. The molecule has 3 heteroatoms. The minimum atomic E-state index is 0.0152. The van der Waals surface area contributed by atoms with Crippen LogP contribution in [-0.4, -0.2) is 10.1 Å². The van der Waals surface area contributed by atoms with Gasteiger partial charge in [-0.15, -0.1) is 11.3 Å². The van der Waals surface area contributed by atoms with Crippen LogP contribution in [0.5, 0.6) is 0 Å². The van der Waals surface area contributed by atoms with Crippen molar-refractivity contribution in [3.8, 4) is 10.6 Å². The Labute approximate surface area is 93.2 Å². The van der Waals surface area contributed by atoms with Crippen LogP contribution in [0, 0.1) is 13.8 Å². The van der Waals surface area contributed by atoms with Crippen molar-refractivity contribution in [1.82, 2.24) is 4.98 Å². The molecule has 2 nitrogen and oxygen atoms in total. The van der Waals surface area contributed by atoms with Crippen molar-refractivity contribution < 1.29 is 5.11 Å². The summed E-state index contributed by atoms with van der Waals surface area (Å²) in [6, 6.07) is 6.38. The van der Waals surface area contributed by atoms with E-state index in [1.54, 1.807) is 11.3 Å². The van der Waals surface area contributed by atoms with E-state index in [1.165, 1.54) is 11.1 Å². The average Bonchev–Trinajstić information content (AvgIpc) is 2.64. The molecule has 0 fully saturated rings. The highest BCUT2D eigenvalue weighted by atomic mass is 32.1.